The van der Waals surface area contributed by atoms with Crippen LogP contribution in [-0.4, -0.2) is 23.8 Å². The summed E-state index contributed by atoms with van der Waals surface area (Å²) in [6, 6.07) is 8.55. The highest BCUT2D eigenvalue weighted by molar-refractivity contribution is 5.96. The first-order chi connectivity index (χ1) is 8.98. The monoisotopic (exact) mass is 258 g/mol. The number of nitrogens with zero attached hydrogens (tertiary/aromatic N) is 1. The van der Waals surface area contributed by atoms with E-state index in [1.54, 1.807) is 0 Å². The topological polar surface area (TPSA) is 27.1 Å². The van der Waals surface area contributed by atoms with E-state index in [0.29, 0.717) is 5.84 Å². The van der Waals surface area contributed by atoms with Gasteiger partial charge >= 0.3 is 0 Å². The molecule has 1 aliphatic rings. The minimum absolute atomic E-state index is 0.184. The van der Waals surface area contributed by atoms with Crippen molar-refractivity contribution >= 4 is 5.84 Å². The minimum atomic E-state index is 0.184. The molecule has 0 aliphatic carbocycles. The van der Waals surface area contributed by atoms with Gasteiger partial charge in [0.05, 0.1) is 0 Å². The normalized spacial score (nSPS) is 17.1. The van der Waals surface area contributed by atoms with Crippen molar-refractivity contribution < 1.29 is 0 Å². The van der Waals surface area contributed by atoms with Gasteiger partial charge in [0.1, 0.15) is 5.84 Å². The van der Waals surface area contributed by atoms with Gasteiger partial charge in [0, 0.05) is 18.7 Å². The largest absolute Gasteiger partial charge is 0.357 e. The highest BCUT2D eigenvalue weighted by atomic mass is 15.2. The Morgan fingerprint density at radius 1 is 0.947 bits per heavy atom. The predicted octanol–water partition coefficient (Wildman–Crippen LogP) is 4.19. The Morgan fingerprint density at radius 3 is 1.95 bits per heavy atom. The Morgan fingerprint density at radius 2 is 1.47 bits per heavy atom. The van der Waals surface area contributed by atoms with Crippen LogP contribution in [0.3, 0.4) is 0 Å². The molecule has 2 nitrogen and oxygen atoms in total. The molecule has 0 radical (unpaired) electrons. The maximum Gasteiger partial charge on any atom is 0.128 e. The molecule has 0 amide bonds. The van der Waals surface area contributed by atoms with E-state index in [1.807, 2.05) is 0 Å². The molecule has 0 unspecified atom stereocenters. The quantitative estimate of drug-likeness (QED) is 0.593. The van der Waals surface area contributed by atoms with E-state index in [2.05, 4.69) is 49.9 Å². The van der Waals surface area contributed by atoms with Crippen LogP contribution in [0, 0.1) is 5.41 Å². The summed E-state index contributed by atoms with van der Waals surface area (Å²) in [4.78, 5) is 2.24. The Labute approximate surface area is 117 Å². The summed E-state index contributed by atoms with van der Waals surface area (Å²) in [5.74, 6) is 0.697. The number of likely N-dealkylation sites (tertiary alicyclic amines) is 1. The Hall–Kier alpha value is -1.31. The van der Waals surface area contributed by atoms with Gasteiger partial charge in [0.25, 0.3) is 0 Å². The second kappa shape index (κ2) is 5.77. The molecule has 1 N–H and O–H groups in total. The molecule has 1 aromatic rings. The number of rotatable bonds is 1. The molecular weight excluding hydrogens is 232 g/mol. The van der Waals surface area contributed by atoms with Crippen LogP contribution in [0.5, 0.6) is 0 Å². The Bertz CT molecular complexity index is 418. The first kappa shape index (κ1) is 14.1. The molecule has 1 saturated heterocycles. The van der Waals surface area contributed by atoms with Crippen molar-refractivity contribution in [1.29, 1.82) is 5.41 Å². The number of hydrogen-bond donors (Lipinski definition) is 1. The summed E-state index contributed by atoms with van der Waals surface area (Å²) in [6.07, 6.45) is 5.07. The van der Waals surface area contributed by atoms with Crippen LogP contribution in [-0.2, 0) is 5.41 Å². The van der Waals surface area contributed by atoms with Crippen LogP contribution in [0.4, 0.5) is 0 Å². The smallest absolute Gasteiger partial charge is 0.128 e. The fraction of sp³-hybridized carbons (Fsp3) is 0.588. The van der Waals surface area contributed by atoms with Crippen molar-refractivity contribution in [3.8, 4) is 0 Å². The van der Waals surface area contributed by atoms with Gasteiger partial charge in [0.15, 0.2) is 0 Å². The first-order valence-corrected chi connectivity index (χ1v) is 7.43. The highest BCUT2D eigenvalue weighted by Crippen LogP contribution is 2.23. The lowest BCUT2D eigenvalue weighted by molar-refractivity contribution is 0.433. The van der Waals surface area contributed by atoms with E-state index < -0.39 is 0 Å². The highest BCUT2D eigenvalue weighted by Gasteiger charge is 2.16. The molecule has 1 heterocycles. The molecule has 2 rings (SSSR count). The summed E-state index contributed by atoms with van der Waals surface area (Å²) >= 11 is 0. The van der Waals surface area contributed by atoms with Crippen LogP contribution in [0.1, 0.15) is 57.6 Å². The molecule has 0 atom stereocenters. The Balaban J connectivity index is 2.10. The van der Waals surface area contributed by atoms with Gasteiger partial charge < -0.3 is 4.90 Å². The van der Waals surface area contributed by atoms with Gasteiger partial charge in [-0.2, -0.15) is 0 Å². The van der Waals surface area contributed by atoms with Crippen LogP contribution < -0.4 is 0 Å². The fourth-order valence-electron chi connectivity index (χ4n) is 2.60. The van der Waals surface area contributed by atoms with E-state index in [4.69, 9.17) is 5.41 Å². The maximum atomic E-state index is 8.37. The summed E-state index contributed by atoms with van der Waals surface area (Å²) < 4.78 is 0. The maximum absolute atomic E-state index is 8.37. The average Bonchev–Trinajstić information content (AvgIpc) is 2.66. The SMILES string of the molecule is CC(C)(C)c1ccc(C(=N)N2CCCCCC2)cc1. The van der Waals surface area contributed by atoms with Crippen molar-refractivity contribution in [2.24, 2.45) is 0 Å². The second-order valence-electron chi connectivity index (χ2n) is 6.58. The van der Waals surface area contributed by atoms with Gasteiger partial charge in [-0.05, 0) is 23.8 Å². The van der Waals surface area contributed by atoms with Gasteiger partial charge in [-0.3, -0.25) is 5.41 Å². The lowest BCUT2D eigenvalue weighted by atomic mass is 9.86. The van der Waals surface area contributed by atoms with E-state index in [9.17, 15) is 0 Å². The Kier molecular flexibility index (Phi) is 4.28. The molecule has 1 aromatic carbocycles. The van der Waals surface area contributed by atoms with Crippen LogP contribution in [0.2, 0.25) is 0 Å². The minimum Gasteiger partial charge on any atom is -0.357 e. The molecule has 19 heavy (non-hydrogen) atoms. The third-order valence-electron chi connectivity index (χ3n) is 3.95. The average molecular weight is 258 g/mol. The standard InChI is InChI=1S/C17H26N2/c1-17(2,3)15-10-8-14(9-11-15)16(18)19-12-6-4-5-7-13-19/h8-11,18H,4-7,12-13H2,1-3H3. The van der Waals surface area contributed by atoms with E-state index >= 15 is 0 Å². The number of nitrogens with one attached hydrogen (secondary N) is 1. The van der Waals surface area contributed by atoms with Crippen LogP contribution >= 0.6 is 0 Å². The van der Waals surface area contributed by atoms with Crippen molar-refractivity contribution in [3.63, 3.8) is 0 Å². The van der Waals surface area contributed by atoms with Gasteiger partial charge in [-0.1, -0.05) is 57.9 Å². The second-order valence-corrected chi connectivity index (χ2v) is 6.58. The van der Waals surface area contributed by atoms with Crippen LogP contribution in [0.15, 0.2) is 24.3 Å². The van der Waals surface area contributed by atoms with Gasteiger partial charge in [0.2, 0.25) is 0 Å². The molecule has 1 fully saturated rings. The summed E-state index contributed by atoms with van der Waals surface area (Å²) in [7, 11) is 0. The zero-order chi connectivity index (χ0) is 13.9. The molecule has 2 heteroatoms. The fourth-order valence-corrected chi connectivity index (χ4v) is 2.60. The van der Waals surface area contributed by atoms with Gasteiger partial charge in [-0.25, -0.2) is 0 Å². The molecule has 0 bridgehead atoms. The van der Waals surface area contributed by atoms with Crippen LogP contribution in [0.25, 0.3) is 0 Å². The van der Waals surface area contributed by atoms with Crippen molar-refractivity contribution in [2.45, 2.75) is 51.9 Å². The first-order valence-electron chi connectivity index (χ1n) is 7.43. The third kappa shape index (κ3) is 3.59. The number of hydrogen-bond acceptors (Lipinski definition) is 1. The number of amidine groups is 1. The number of benzene rings is 1. The van der Waals surface area contributed by atoms with Gasteiger partial charge in [-0.15, -0.1) is 0 Å². The molecule has 0 saturated carbocycles. The third-order valence-corrected chi connectivity index (χ3v) is 3.95. The van der Waals surface area contributed by atoms with Crippen molar-refractivity contribution in [3.05, 3.63) is 35.4 Å². The van der Waals surface area contributed by atoms with E-state index in [0.717, 1.165) is 18.7 Å². The molecular formula is C17H26N2. The zero-order valence-electron chi connectivity index (χ0n) is 12.5. The zero-order valence-corrected chi connectivity index (χ0v) is 12.5. The lowest BCUT2D eigenvalue weighted by Crippen LogP contribution is -2.31. The molecule has 0 spiro atoms. The summed E-state index contributed by atoms with van der Waals surface area (Å²) in [6.45, 7) is 8.76. The lowest BCUT2D eigenvalue weighted by Gasteiger charge is -2.24. The van der Waals surface area contributed by atoms with E-state index in [-0.39, 0.29) is 5.41 Å². The van der Waals surface area contributed by atoms with E-state index in [1.165, 1.54) is 31.2 Å². The summed E-state index contributed by atoms with van der Waals surface area (Å²) in [5.41, 5.74) is 2.57. The van der Waals surface area contributed by atoms with Crippen molar-refractivity contribution in [2.75, 3.05) is 13.1 Å². The van der Waals surface area contributed by atoms with Crippen molar-refractivity contribution in [1.82, 2.24) is 4.90 Å². The predicted molar refractivity (Wildman–Crippen MR) is 82.0 cm³/mol. The molecule has 1 aliphatic heterocycles. The molecule has 0 aromatic heterocycles. The molecule has 104 valence electrons. The summed E-state index contributed by atoms with van der Waals surface area (Å²) in [5, 5.41) is 8.37.